The molecule has 6 heavy (non-hydrogen) atoms. The lowest BCUT2D eigenvalue weighted by Crippen LogP contribution is -2.91. The van der Waals surface area contributed by atoms with Gasteiger partial charge in [0.1, 0.15) is 0 Å². The minimum atomic E-state index is 1.07. The van der Waals surface area contributed by atoms with Crippen LogP contribution < -0.4 is 11.3 Å². The Balaban J connectivity index is 2.34. The topological polar surface area (TPSA) is 42.6 Å². The fraction of sp³-hybridized carbons (Fsp3) is 1.00. The molecule has 0 saturated carbocycles. The molecule has 0 radical (unpaired) electrons. The molecule has 4 N–H and O–H groups in total. The standard InChI is InChI=1S/C4H12N2/c1-2-3-4-6-5/h6H,2-5H2,1H3/p+1. The van der Waals surface area contributed by atoms with E-state index in [1.54, 1.807) is 5.43 Å². The molecule has 0 rings (SSSR count). The number of rotatable bonds is 3. The van der Waals surface area contributed by atoms with Crippen molar-refractivity contribution in [1.82, 2.24) is 0 Å². The molecule has 2 nitrogen and oxygen atoms in total. The van der Waals surface area contributed by atoms with E-state index in [0.29, 0.717) is 0 Å². The summed E-state index contributed by atoms with van der Waals surface area (Å²) in [5, 5.41) is 0. The maximum absolute atomic E-state index is 5.09. The van der Waals surface area contributed by atoms with Gasteiger partial charge in [0.25, 0.3) is 0 Å². The molecule has 0 atom stereocenters. The van der Waals surface area contributed by atoms with Gasteiger partial charge in [0, 0.05) is 0 Å². The summed E-state index contributed by atoms with van der Waals surface area (Å²) in [5.74, 6) is 5.09. The maximum Gasteiger partial charge on any atom is 0.0927 e. The first-order valence-electron chi connectivity index (χ1n) is 2.45. The Bertz CT molecular complexity index is 17.5. The largest absolute Gasteiger partial charge is 0.271 e. The average molecular weight is 89.2 g/mol. The number of quaternary nitrogens is 1. The van der Waals surface area contributed by atoms with Gasteiger partial charge >= 0.3 is 0 Å². The summed E-state index contributed by atoms with van der Waals surface area (Å²) in [6.07, 6.45) is 2.48. The van der Waals surface area contributed by atoms with Gasteiger partial charge in [-0.15, -0.1) is 0 Å². The van der Waals surface area contributed by atoms with Crippen molar-refractivity contribution in [3.05, 3.63) is 0 Å². The predicted octanol–water partition coefficient (Wildman–Crippen LogP) is -0.776. The van der Waals surface area contributed by atoms with Gasteiger partial charge in [0.05, 0.1) is 6.54 Å². The summed E-state index contributed by atoms with van der Waals surface area (Å²) in [6, 6.07) is 0. The highest BCUT2D eigenvalue weighted by Crippen LogP contribution is 1.76. The first-order valence-corrected chi connectivity index (χ1v) is 2.45. The van der Waals surface area contributed by atoms with Crippen molar-refractivity contribution in [2.24, 2.45) is 5.84 Å². The first kappa shape index (κ1) is 5.92. The van der Waals surface area contributed by atoms with Crippen molar-refractivity contribution < 1.29 is 5.43 Å². The summed E-state index contributed by atoms with van der Waals surface area (Å²) in [4.78, 5) is 0. The van der Waals surface area contributed by atoms with Gasteiger partial charge in [-0.2, -0.15) is 5.84 Å². The quantitative estimate of drug-likeness (QED) is 0.266. The summed E-state index contributed by atoms with van der Waals surface area (Å²) in [7, 11) is 0. The van der Waals surface area contributed by atoms with E-state index in [9.17, 15) is 0 Å². The molecule has 0 aliphatic heterocycles. The minimum Gasteiger partial charge on any atom is -0.271 e. The van der Waals surface area contributed by atoms with Gasteiger partial charge in [-0.25, -0.2) is 0 Å². The van der Waals surface area contributed by atoms with Gasteiger partial charge in [-0.1, -0.05) is 13.3 Å². The van der Waals surface area contributed by atoms with Crippen molar-refractivity contribution in [3.8, 4) is 0 Å². The molecule has 0 heterocycles. The van der Waals surface area contributed by atoms with Crippen LogP contribution in [0.5, 0.6) is 0 Å². The van der Waals surface area contributed by atoms with Crippen LogP contribution in [0.2, 0.25) is 0 Å². The van der Waals surface area contributed by atoms with E-state index in [4.69, 9.17) is 5.84 Å². The number of hydrogen-bond acceptors (Lipinski definition) is 1. The molecule has 0 aliphatic carbocycles. The molecule has 0 unspecified atom stereocenters. The van der Waals surface area contributed by atoms with E-state index >= 15 is 0 Å². The molecule has 2 heteroatoms. The van der Waals surface area contributed by atoms with Gasteiger partial charge in [0.2, 0.25) is 0 Å². The molecule has 0 aromatic rings. The van der Waals surface area contributed by atoms with Gasteiger partial charge in [0.15, 0.2) is 0 Å². The predicted molar refractivity (Wildman–Crippen MR) is 25.9 cm³/mol. The Hall–Kier alpha value is -0.0800. The molecule has 38 valence electrons. The molecule has 0 bridgehead atoms. The van der Waals surface area contributed by atoms with Crippen LogP contribution in [-0.4, -0.2) is 6.54 Å². The Morgan fingerprint density at radius 1 is 1.67 bits per heavy atom. The molecule has 0 amide bonds. The second-order valence-corrected chi connectivity index (χ2v) is 1.38. The van der Waals surface area contributed by atoms with Crippen LogP contribution in [0.1, 0.15) is 19.8 Å². The zero-order chi connectivity index (χ0) is 4.83. The van der Waals surface area contributed by atoms with Crippen molar-refractivity contribution in [3.63, 3.8) is 0 Å². The normalized spacial score (nSPS) is 9.00. The van der Waals surface area contributed by atoms with E-state index in [2.05, 4.69) is 6.92 Å². The van der Waals surface area contributed by atoms with Gasteiger partial charge < -0.3 is 0 Å². The number of hydrogen-bond donors (Lipinski definition) is 2. The lowest BCUT2D eigenvalue weighted by atomic mass is 10.3. The molecular weight excluding hydrogens is 76.1 g/mol. The minimum absolute atomic E-state index is 1.07. The van der Waals surface area contributed by atoms with Crippen LogP contribution in [-0.2, 0) is 0 Å². The summed E-state index contributed by atoms with van der Waals surface area (Å²) in [5.41, 5.74) is 1.71. The molecule has 0 fully saturated rings. The van der Waals surface area contributed by atoms with E-state index in [0.717, 1.165) is 6.54 Å². The molecule has 0 saturated heterocycles. The second kappa shape index (κ2) is 4.92. The highest BCUT2D eigenvalue weighted by atomic mass is 15.2. The lowest BCUT2D eigenvalue weighted by molar-refractivity contribution is -0.667. The third-order valence-electron chi connectivity index (χ3n) is 0.724. The summed E-state index contributed by atoms with van der Waals surface area (Å²) >= 11 is 0. The van der Waals surface area contributed by atoms with E-state index in [-0.39, 0.29) is 0 Å². The summed E-state index contributed by atoms with van der Waals surface area (Å²) in [6.45, 7) is 3.22. The Kier molecular flexibility index (Phi) is 4.85. The highest BCUT2D eigenvalue weighted by molar-refractivity contribution is 4.22. The smallest absolute Gasteiger partial charge is 0.0927 e. The van der Waals surface area contributed by atoms with Crippen LogP contribution in [0.4, 0.5) is 0 Å². The molecule has 0 aromatic carbocycles. The molecular formula is C4H13N2+. The highest BCUT2D eigenvalue weighted by Gasteiger charge is 1.77. The van der Waals surface area contributed by atoms with Gasteiger partial charge in [-0.05, 0) is 6.42 Å². The maximum atomic E-state index is 5.09. The van der Waals surface area contributed by atoms with Gasteiger partial charge in [-0.3, -0.25) is 5.43 Å². The van der Waals surface area contributed by atoms with Crippen LogP contribution in [0.25, 0.3) is 0 Å². The number of nitrogens with two attached hydrogens (primary N) is 2. The second-order valence-electron chi connectivity index (χ2n) is 1.38. The zero-order valence-electron chi connectivity index (χ0n) is 4.28. The Morgan fingerprint density at radius 2 is 2.33 bits per heavy atom. The lowest BCUT2D eigenvalue weighted by Gasteiger charge is -1.86. The SMILES string of the molecule is CCCC[NH2+]N. The molecule has 0 aromatic heterocycles. The molecule has 0 spiro atoms. The van der Waals surface area contributed by atoms with Crippen molar-refractivity contribution in [2.75, 3.05) is 6.54 Å². The number of unbranched alkanes of at least 4 members (excludes halogenated alkanes) is 1. The summed E-state index contributed by atoms with van der Waals surface area (Å²) < 4.78 is 0. The third kappa shape index (κ3) is 3.92. The zero-order valence-corrected chi connectivity index (χ0v) is 4.28. The Labute approximate surface area is 38.7 Å². The average Bonchev–Trinajstić information content (AvgIpc) is 1.61. The molecule has 0 aliphatic rings. The van der Waals surface area contributed by atoms with Crippen LogP contribution >= 0.6 is 0 Å². The third-order valence-corrected chi connectivity index (χ3v) is 0.724. The first-order chi connectivity index (χ1) is 2.91. The van der Waals surface area contributed by atoms with Crippen molar-refractivity contribution >= 4 is 0 Å². The fourth-order valence-electron chi connectivity index (χ4n) is 0.322. The van der Waals surface area contributed by atoms with Crippen LogP contribution in [0, 0.1) is 0 Å². The van der Waals surface area contributed by atoms with E-state index < -0.39 is 0 Å². The van der Waals surface area contributed by atoms with Crippen LogP contribution in [0.3, 0.4) is 0 Å². The van der Waals surface area contributed by atoms with Crippen molar-refractivity contribution in [2.45, 2.75) is 19.8 Å². The monoisotopic (exact) mass is 89.1 g/mol. The fourth-order valence-corrected chi connectivity index (χ4v) is 0.322. The van der Waals surface area contributed by atoms with E-state index in [1.165, 1.54) is 12.8 Å². The van der Waals surface area contributed by atoms with E-state index in [1.807, 2.05) is 0 Å². The van der Waals surface area contributed by atoms with Crippen LogP contribution in [0.15, 0.2) is 0 Å². The Morgan fingerprint density at radius 3 is 2.50 bits per heavy atom. The van der Waals surface area contributed by atoms with Crippen molar-refractivity contribution in [1.29, 1.82) is 0 Å².